The lowest BCUT2D eigenvalue weighted by atomic mass is 10.1. The summed E-state index contributed by atoms with van der Waals surface area (Å²) in [5, 5.41) is 0. The van der Waals surface area contributed by atoms with Crippen molar-refractivity contribution < 1.29 is 14.3 Å². The van der Waals surface area contributed by atoms with Gasteiger partial charge in [-0.25, -0.2) is 0 Å². The molecule has 0 saturated carbocycles. The Labute approximate surface area is 107 Å². The number of carbonyl (C=O) groups is 1. The second-order valence-electron chi connectivity index (χ2n) is 4.63. The predicted molar refractivity (Wildman–Crippen MR) is 68.6 cm³/mol. The van der Waals surface area contributed by atoms with Gasteiger partial charge >= 0.3 is 0 Å². The zero-order valence-corrected chi connectivity index (χ0v) is 11.1. The van der Waals surface area contributed by atoms with Crippen molar-refractivity contribution in [2.75, 3.05) is 20.2 Å². The summed E-state index contributed by atoms with van der Waals surface area (Å²) in [6, 6.07) is 7.91. The minimum Gasteiger partial charge on any atom is -0.486 e. The molecular weight excluding hydrogens is 230 g/mol. The fourth-order valence-electron chi connectivity index (χ4n) is 1.92. The molecule has 0 radical (unpaired) electrons. The number of nitrogens with zero attached hydrogens (tertiary/aromatic N) is 1. The van der Waals surface area contributed by atoms with E-state index in [0.29, 0.717) is 13.1 Å². The van der Waals surface area contributed by atoms with Crippen molar-refractivity contribution in [1.82, 2.24) is 4.90 Å². The van der Waals surface area contributed by atoms with E-state index < -0.39 is 0 Å². The number of ether oxygens (including phenoxy) is 2. The van der Waals surface area contributed by atoms with Crippen LogP contribution in [0.3, 0.4) is 0 Å². The third kappa shape index (κ3) is 2.64. The summed E-state index contributed by atoms with van der Waals surface area (Å²) < 4.78 is 10.8. The lowest BCUT2D eigenvalue weighted by Gasteiger charge is -2.40. The van der Waals surface area contributed by atoms with Gasteiger partial charge in [-0.05, 0) is 25.5 Å². The monoisotopic (exact) mass is 249 g/mol. The predicted octanol–water partition coefficient (Wildman–Crippen LogP) is 1.62. The molecule has 1 amide bonds. The highest BCUT2D eigenvalue weighted by Gasteiger charge is 2.34. The van der Waals surface area contributed by atoms with Crippen LogP contribution >= 0.6 is 0 Å². The molecule has 1 heterocycles. The van der Waals surface area contributed by atoms with Gasteiger partial charge in [0.2, 0.25) is 0 Å². The molecule has 0 aromatic heterocycles. The molecule has 1 saturated heterocycles. The number of rotatable bonds is 4. The average Bonchev–Trinajstić information content (AvgIpc) is 2.33. The highest BCUT2D eigenvalue weighted by molar-refractivity contribution is 5.81. The largest absolute Gasteiger partial charge is 0.486 e. The maximum atomic E-state index is 11.8. The summed E-state index contributed by atoms with van der Waals surface area (Å²) in [5.41, 5.74) is 1.12. The molecule has 1 aromatic carbocycles. The van der Waals surface area contributed by atoms with Gasteiger partial charge in [0.25, 0.3) is 5.91 Å². The van der Waals surface area contributed by atoms with Crippen molar-refractivity contribution in [3.63, 3.8) is 0 Å². The Kier molecular flexibility index (Phi) is 3.87. The summed E-state index contributed by atoms with van der Waals surface area (Å²) in [7, 11) is 1.55. The Balaban J connectivity index is 1.84. The smallest absolute Gasteiger partial charge is 0.251 e. The minimum atomic E-state index is -0.371. The molecule has 1 aliphatic rings. The maximum absolute atomic E-state index is 11.8. The molecule has 18 heavy (non-hydrogen) atoms. The van der Waals surface area contributed by atoms with Crippen molar-refractivity contribution in [3.05, 3.63) is 29.8 Å². The lowest BCUT2D eigenvalue weighted by Crippen LogP contribution is -2.58. The van der Waals surface area contributed by atoms with Gasteiger partial charge in [-0.3, -0.25) is 4.79 Å². The molecule has 0 N–H and O–H groups in total. The van der Waals surface area contributed by atoms with Gasteiger partial charge in [0, 0.05) is 7.11 Å². The van der Waals surface area contributed by atoms with Gasteiger partial charge in [0.1, 0.15) is 18.0 Å². The van der Waals surface area contributed by atoms with Gasteiger partial charge in [-0.15, -0.1) is 0 Å². The molecule has 1 aliphatic heterocycles. The molecule has 1 fully saturated rings. The van der Waals surface area contributed by atoms with E-state index in [2.05, 4.69) is 0 Å². The first-order chi connectivity index (χ1) is 8.61. The number of carbonyl (C=O) groups excluding carboxylic acids is 1. The number of amides is 1. The molecule has 2 rings (SSSR count). The zero-order chi connectivity index (χ0) is 13.1. The zero-order valence-electron chi connectivity index (χ0n) is 11.1. The summed E-state index contributed by atoms with van der Waals surface area (Å²) >= 11 is 0. The van der Waals surface area contributed by atoms with E-state index in [1.807, 2.05) is 31.2 Å². The van der Waals surface area contributed by atoms with Crippen LogP contribution < -0.4 is 4.74 Å². The standard InChI is InChI=1S/C14H19NO3/c1-10-6-4-5-7-13(10)18-12-8-15(9-12)14(16)11(2)17-3/h4-7,11-12H,8-9H2,1-3H3. The maximum Gasteiger partial charge on any atom is 0.251 e. The van der Waals surface area contributed by atoms with Crippen molar-refractivity contribution in [2.45, 2.75) is 26.1 Å². The summed E-state index contributed by atoms with van der Waals surface area (Å²) in [4.78, 5) is 13.5. The van der Waals surface area contributed by atoms with Gasteiger partial charge in [-0.2, -0.15) is 0 Å². The topological polar surface area (TPSA) is 38.8 Å². The molecule has 4 heteroatoms. The second kappa shape index (κ2) is 5.40. The van der Waals surface area contributed by atoms with Crippen LogP contribution in [0.2, 0.25) is 0 Å². The summed E-state index contributed by atoms with van der Waals surface area (Å²) in [6.45, 7) is 5.06. The van der Waals surface area contributed by atoms with E-state index in [1.54, 1.807) is 18.9 Å². The molecule has 0 spiro atoms. The van der Waals surface area contributed by atoms with E-state index in [0.717, 1.165) is 11.3 Å². The van der Waals surface area contributed by atoms with Crippen LogP contribution in [0.4, 0.5) is 0 Å². The van der Waals surface area contributed by atoms with Gasteiger partial charge in [0.15, 0.2) is 0 Å². The number of benzene rings is 1. The van der Waals surface area contributed by atoms with Crippen LogP contribution in [0.25, 0.3) is 0 Å². The number of methoxy groups -OCH3 is 1. The molecular formula is C14H19NO3. The average molecular weight is 249 g/mol. The normalized spacial score (nSPS) is 17.2. The van der Waals surface area contributed by atoms with E-state index in [9.17, 15) is 4.79 Å². The number of aryl methyl sites for hydroxylation is 1. The first-order valence-electron chi connectivity index (χ1n) is 6.15. The first kappa shape index (κ1) is 12.9. The molecule has 1 aromatic rings. The van der Waals surface area contributed by atoms with Crippen LogP contribution in [0, 0.1) is 6.92 Å². The van der Waals surface area contributed by atoms with E-state index >= 15 is 0 Å². The van der Waals surface area contributed by atoms with E-state index in [1.165, 1.54) is 0 Å². The van der Waals surface area contributed by atoms with Crippen LogP contribution in [-0.2, 0) is 9.53 Å². The Bertz CT molecular complexity index is 427. The molecule has 1 unspecified atom stereocenters. The third-order valence-electron chi connectivity index (χ3n) is 3.25. The van der Waals surface area contributed by atoms with E-state index in [4.69, 9.17) is 9.47 Å². The number of likely N-dealkylation sites (tertiary alicyclic amines) is 1. The second-order valence-corrected chi connectivity index (χ2v) is 4.63. The van der Waals surface area contributed by atoms with Gasteiger partial charge in [-0.1, -0.05) is 18.2 Å². The molecule has 1 atom stereocenters. The number of hydrogen-bond donors (Lipinski definition) is 0. The molecule has 4 nitrogen and oxygen atoms in total. The van der Waals surface area contributed by atoms with Crippen molar-refractivity contribution in [1.29, 1.82) is 0 Å². The van der Waals surface area contributed by atoms with Crippen molar-refractivity contribution in [3.8, 4) is 5.75 Å². The summed E-state index contributed by atoms with van der Waals surface area (Å²) in [6.07, 6.45) is -0.275. The first-order valence-corrected chi connectivity index (χ1v) is 6.15. The molecule has 98 valence electrons. The van der Waals surface area contributed by atoms with E-state index in [-0.39, 0.29) is 18.1 Å². The highest BCUT2D eigenvalue weighted by Crippen LogP contribution is 2.22. The van der Waals surface area contributed by atoms with Crippen molar-refractivity contribution >= 4 is 5.91 Å². The van der Waals surface area contributed by atoms with Crippen LogP contribution in [-0.4, -0.2) is 43.2 Å². The van der Waals surface area contributed by atoms with Crippen LogP contribution in [0.1, 0.15) is 12.5 Å². The molecule has 0 aliphatic carbocycles. The van der Waals surface area contributed by atoms with Gasteiger partial charge < -0.3 is 14.4 Å². The van der Waals surface area contributed by atoms with Gasteiger partial charge in [0.05, 0.1) is 13.1 Å². The van der Waals surface area contributed by atoms with Crippen LogP contribution in [0.5, 0.6) is 5.75 Å². The van der Waals surface area contributed by atoms with Crippen LogP contribution in [0.15, 0.2) is 24.3 Å². The minimum absolute atomic E-state index is 0.0298. The SMILES string of the molecule is COC(C)C(=O)N1CC(Oc2ccccc2C)C1. The molecule has 0 bridgehead atoms. The fourth-order valence-corrected chi connectivity index (χ4v) is 1.92. The third-order valence-corrected chi connectivity index (χ3v) is 3.25. The Morgan fingerprint density at radius 1 is 1.39 bits per heavy atom. The Morgan fingerprint density at radius 3 is 2.67 bits per heavy atom. The lowest BCUT2D eigenvalue weighted by molar-refractivity contribution is -0.149. The summed E-state index contributed by atoms with van der Waals surface area (Å²) in [5.74, 6) is 0.927. The van der Waals surface area contributed by atoms with Crippen molar-refractivity contribution in [2.24, 2.45) is 0 Å². The number of para-hydroxylation sites is 1. The quantitative estimate of drug-likeness (QED) is 0.814. The Hall–Kier alpha value is -1.55. The Morgan fingerprint density at radius 2 is 2.06 bits per heavy atom. The highest BCUT2D eigenvalue weighted by atomic mass is 16.5. The number of hydrogen-bond acceptors (Lipinski definition) is 3. The fraction of sp³-hybridized carbons (Fsp3) is 0.500.